The smallest absolute Gasteiger partial charge is 0.261 e. The summed E-state index contributed by atoms with van der Waals surface area (Å²) in [5, 5.41) is 10.7. The Morgan fingerprint density at radius 1 is 1.38 bits per heavy atom. The summed E-state index contributed by atoms with van der Waals surface area (Å²) in [6.07, 6.45) is 4.36. The van der Waals surface area contributed by atoms with Crippen LogP contribution in [0.2, 0.25) is 0 Å². The van der Waals surface area contributed by atoms with Crippen LogP contribution in [0, 0.1) is 5.92 Å². The van der Waals surface area contributed by atoms with E-state index >= 15 is 0 Å². The average Bonchev–Trinajstić information content (AvgIpc) is 3.05. The van der Waals surface area contributed by atoms with Gasteiger partial charge < -0.3 is 15.4 Å². The topological polar surface area (TPSA) is 68.2 Å². The van der Waals surface area contributed by atoms with E-state index in [1.54, 1.807) is 12.3 Å². The van der Waals surface area contributed by atoms with Crippen LogP contribution in [0.15, 0.2) is 24.4 Å². The van der Waals surface area contributed by atoms with Crippen molar-refractivity contribution in [1.82, 2.24) is 15.1 Å². The Bertz CT molecular complexity index is 802. The van der Waals surface area contributed by atoms with Gasteiger partial charge in [-0.2, -0.15) is 5.10 Å². The van der Waals surface area contributed by atoms with E-state index in [1.165, 1.54) is 0 Å². The fourth-order valence-electron chi connectivity index (χ4n) is 3.64. The predicted octanol–water partition coefficient (Wildman–Crippen LogP) is 2.92. The number of halogens is 2. The summed E-state index contributed by atoms with van der Waals surface area (Å²) in [5.74, 6) is -3.97. The Kier molecular flexibility index (Phi) is 4.62. The summed E-state index contributed by atoms with van der Waals surface area (Å²) in [6.45, 7) is 0.631. The van der Waals surface area contributed by atoms with Gasteiger partial charge in [0.15, 0.2) is 6.23 Å². The number of nitrogens with zero attached hydrogens (tertiary/aromatic N) is 2. The first-order valence-electron chi connectivity index (χ1n) is 9.00. The van der Waals surface area contributed by atoms with Crippen molar-refractivity contribution < 1.29 is 18.3 Å². The average molecular weight is 364 g/mol. The van der Waals surface area contributed by atoms with Gasteiger partial charge in [-0.05, 0) is 37.5 Å². The fraction of sp³-hybridized carbons (Fsp3) is 0.556. The second-order valence-corrected chi connectivity index (χ2v) is 7.06. The zero-order valence-electron chi connectivity index (χ0n) is 14.4. The van der Waals surface area contributed by atoms with Gasteiger partial charge in [0.1, 0.15) is 0 Å². The van der Waals surface area contributed by atoms with Gasteiger partial charge in [0.25, 0.3) is 5.92 Å². The third kappa shape index (κ3) is 3.57. The Morgan fingerprint density at radius 3 is 3.04 bits per heavy atom. The molecule has 0 aliphatic carbocycles. The lowest BCUT2D eigenvalue weighted by Crippen LogP contribution is -2.47. The lowest BCUT2D eigenvalue weighted by atomic mass is 9.96. The van der Waals surface area contributed by atoms with Crippen molar-refractivity contribution >= 4 is 22.5 Å². The number of rotatable bonds is 3. The third-order valence-electron chi connectivity index (χ3n) is 4.98. The monoisotopic (exact) mass is 364 g/mol. The van der Waals surface area contributed by atoms with Gasteiger partial charge >= 0.3 is 0 Å². The molecular formula is C18H22F2N4O2. The quantitative estimate of drug-likeness (QED) is 0.879. The number of carbonyl (C=O) groups is 1. The van der Waals surface area contributed by atoms with E-state index in [0.29, 0.717) is 5.69 Å². The maximum absolute atomic E-state index is 13.5. The van der Waals surface area contributed by atoms with Crippen molar-refractivity contribution in [3.05, 3.63) is 24.4 Å². The minimum absolute atomic E-state index is 0.0581. The van der Waals surface area contributed by atoms with E-state index < -0.39 is 18.3 Å². The molecule has 0 spiro atoms. The number of alkyl halides is 2. The maximum atomic E-state index is 13.5. The highest BCUT2D eigenvalue weighted by Gasteiger charge is 2.39. The first-order chi connectivity index (χ1) is 12.5. The maximum Gasteiger partial charge on any atom is 0.261 e. The molecule has 2 fully saturated rings. The SMILES string of the molecule is O=C(Nc1ccc2c(cnn2C2CCCCO2)c1)C1CNCC(F)(F)C1. The van der Waals surface area contributed by atoms with Crippen LogP contribution in [-0.2, 0) is 9.53 Å². The van der Waals surface area contributed by atoms with E-state index in [2.05, 4.69) is 15.7 Å². The molecule has 4 rings (SSSR count). The molecule has 2 atom stereocenters. The van der Waals surface area contributed by atoms with Crippen molar-refractivity contribution in [3.63, 3.8) is 0 Å². The largest absolute Gasteiger partial charge is 0.356 e. The molecule has 2 N–H and O–H groups in total. The van der Waals surface area contributed by atoms with Gasteiger partial charge in [0, 0.05) is 30.6 Å². The van der Waals surface area contributed by atoms with Gasteiger partial charge in [-0.15, -0.1) is 0 Å². The second-order valence-electron chi connectivity index (χ2n) is 7.06. The highest BCUT2D eigenvalue weighted by atomic mass is 19.3. The van der Waals surface area contributed by atoms with Gasteiger partial charge in [-0.1, -0.05) is 0 Å². The first-order valence-corrected chi connectivity index (χ1v) is 9.00. The lowest BCUT2D eigenvalue weighted by Gasteiger charge is -2.28. The molecule has 6 nitrogen and oxygen atoms in total. The molecule has 0 bridgehead atoms. The summed E-state index contributed by atoms with van der Waals surface area (Å²) >= 11 is 0. The number of piperidine rings is 1. The Labute approximate surface area is 149 Å². The van der Waals surface area contributed by atoms with Crippen molar-refractivity contribution in [2.75, 3.05) is 25.0 Å². The zero-order chi connectivity index (χ0) is 18.1. The summed E-state index contributed by atoms with van der Waals surface area (Å²) in [5.41, 5.74) is 1.52. The van der Waals surface area contributed by atoms with Gasteiger partial charge in [-0.3, -0.25) is 4.79 Å². The molecule has 8 heteroatoms. The number of aromatic nitrogens is 2. The normalized spacial score (nSPS) is 25.9. The molecule has 1 aromatic heterocycles. The Hall–Kier alpha value is -2.06. The van der Waals surface area contributed by atoms with Crippen molar-refractivity contribution in [2.24, 2.45) is 5.92 Å². The van der Waals surface area contributed by atoms with Crippen molar-refractivity contribution in [3.8, 4) is 0 Å². The number of amides is 1. The minimum atomic E-state index is -2.84. The molecule has 2 aromatic rings. The van der Waals surface area contributed by atoms with E-state index in [0.717, 1.165) is 36.8 Å². The van der Waals surface area contributed by atoms with E-state index in [4.69, 9.17) is 4.74 Å². The van der Waals surface area contributed by atoms with Gasteiger partial charge in [0.2, 0.25) is 5.91 Å². The summed E-state index contributed by atoms with van der Waals surface area (Å²) < 4.78 is 34.6. The van der Waals surface area contributed by atoms with Crippen LogP contribution in [0.25, 0.3) is 10.9 Å². The second kappa shape index (κ2) is 6.92. The molecule has 3 heterocycles. The molecular weight excluding hydrogens is 342 g/mol. The van der Waals surface area contributed by atoms with Gasteiger partial charge in [0.05, 0.1) is 24.2 Å². The van der Waals surface area contributed by atoms with Crippen LogP contribution in [0.1, 0.15) is 31.9 Å². The van der Waals surface area contributed by atoms with Crippen molar-refractivity contribution in [1.29, 1.82) is 0 Å². The fourth-order valence-corrected chi connectivity index (χ4v) is 3.64. The molecule has 0 radical (unpaired) electrons. The lowest BCUT2D eigenvalue weighted by molar-refractivity contribution is -0.125. The molecule has 2 aliphatic heterocycles. The zero-order valence-corrected chi connectivity index (χ0v) is 14.4. The van der Waals surface area contributed by atoms with Crippen LogP contribution in [0.3, 0.4) is 0 Å². The number of hydrogen-bond donors (Lipinski definition) is 2. The number of hydrogen-bond acceptors (Lipinski definition) is 4. The van der Waals surface area contributed by atoms with E-state index in [-0.39, 0.29) is 25.2 Å². The molecule has 26 heavy (non-hydrogen) atoms. The Morgan fingerprint density at radius 2 is 2.27 bits per heavy atom. The van der Waals surface area contributed by atoms with Crippen LogP contribution in [-0.4, -0.2) is 41.3 Å². The Balaban J connectivity index is 1.48. The highest BCUT2D eigenvalue weighted by molar-refractivity contribution is 5.95. The number of fused-ring (bicyclic) bond motifs is 1. The molecule has 2 aliphatic rings. The number of nitrogens with one attached hydrogen (secondary N) is 2. The highest BCUT2D eigenvalue weighted by Crippen LogP contribution is 2.29. The molecule has 1 aromatic carbocycles. The van der Waals surface area contributed by atoms with Crippen molar-refractivity contribution in [2.45, 2.75) is 37.8 Å². The van der Waals surface area contributed by atoms with Crippen LogP contribution < -0.4 is 10.6 Å². The summed E-state index contributed by atoms with van der Waals surface area (Å²) in [7, 11) is 0. The first kappa shape index (κ1) is 17.4. The van der Waals surface area contributed by atoms with Crippen LogP contribution in [0.4, 0.5) is 14.5 Å². The standard InChI is InChI=1S/C18H22F2N4O2/c19-18(20)8-13(9-21-11-18)17(25)23-14-4-5-15-12(7-14)10-22-24(15)16-3-1-2-6-26-16/h4-5,7,10,13,16,21H,1-3,6,8-9,11H2,(H,23,25). The summed E-state index contributed by atoms with van der Waals surface area (Å²) in [4.78, 5) is 12.3. The molecule has 2 unspecified atom stereocenters. The van der Waals surface area contributed by atoms with Crippen LogP contribution in [0.5, 0.6) is 0 Å². The molecule has 140 valence electrons. The molecule has 0 saturated carbocycles. The molecule has 1 amide bonds. The van der Waals surface area contributed by atoms with Gasteiger partial charge in [-0.25, -0.2) is 13.5 Å². The minimum Gasteiger partial charge on any atom is -0.356 e. The predicted molar refractivity (Wildman–Crippen MR) is 93.1 cm³/mol. The van der Waals surface area contributed by atoms with Crippen LogP contribution >= 0.6 is 0 Å². The summed E-state index contributed by atoms with van der Waals surface area (Å²) in [6, 6.07) is 5.47. The number of ether oxygens (including phenoxy) is 1. The number of anilines is 1. The third-order valence-corrected chi connectivity index (χ3v) is 4.98. The number of carbonyl (C=O) groups excluding carboxylic acids is 1. The van der Waals surface area contributed by atoms with E-state index in [1.807, 2.05) is 16.8 Å². The molecule has 2 saturated heterocycles. The number of benzene rings is 1. The van der Waals surface area contributed by atoms with E-state index in [9.17, 15) is 13.6 Å².